The summed E-state index contributed by atoms with van der Waals surface area (Å²) in [6.45, 7) is 0. The van der Waals surface area contributed by atoms with Crippen LogP contribution in [-0.2, 0) is 0 Å². The lowest BCUT2D eigenvalue weighted by Gasteiger charge is -2.45. The summed E-state index contributed by atoms with van der Waals surface area (Å²) in [5.74, 6) is 0.590. The van der Waals surface area contributed by atoms with Crippen LogP contribution in [0.5, 0.6) is 0 Å². The normalized spacial score (nSPS) is 17.4. The van der Waals surface area contributed by atoms with Crippen LogP contribution in [0.1, 0.15) is 36.0 Å². The van der Waals surface area contributed by atoms with Crippen LogP contribution in [0.2, 0.25) is 5.02 Å². The van der Waals surface area contributed by atoms with Crippen LogP contribution >= 0.6 is 24.0 Å². The Kier molecular flexibility index (Phi) is 4.59. The van der Waals surface area contributed by atoms with Gasteiger partial charge < -0.3 is 20.5 Å². The van der Waals surface area contributed by atoms with Gasteiger partial charge in [0.25, 0.3) is 5.91 Å². The van der Waals surface area contributed by atoms with Gasteiger partial charge in [0.1, 0.15) is 23.5 Å². The number of hydrogen-bond donors (Lipinski definition) is 3. The third kappa shape index (κ3) is 2.77. The zero-order chi connectivity index (χ0) is 18.6. The van der Waals surface area contributed by atoms with E-state index in [1.807, 2.05) is 25.4 Å². The molecule has 1 spiro atoms. The van der Waals surface area contributed by atoms with Gasteiger partial charge in [0, 0.05) is 18.9 Å². The number of aromatic amines is 1. The Morgan fingerprint density at radius 2 is 2.04 bits per heavy atom. The lowest BCUT2D eigenvalue weighted by Crippen LogP contribution is -2.61. The smallest absolute Gasteiger partial charge is 0.256 e. The van der Waals surface area contributed by atoms with Crippen LogP contribution in [0.4, 0.5) is 17.2 Å². The van der Waals surface area contributed by atoms with Crippen molar-refractivity contribution >= 4 is 58.1 Å². The first-order chi connectivity index (χ1) is 13.1. The molecule has 1 fully saturated rings. The third-order valence-electron chi connectivity index (χ3n) is 5.69. The number of amides is 1. The Labute approximate surface area is 173 Å². The van der Waals surface area contributed by atoms with Crippen molar-refractivity contribution in [2.45, 2.75) is 31.3 Å². The molecule has 5 rings (SSSR count). The zero-order valence-corrected chi connectivity index (χ0v) is 16.8. The molecule has 1 amide bonds. The van der Waals surface area contributed by atoms with Crippen LogP contribution in [0.3, 0.4) is 0 Å². The van der Waals surface area contributed by atoms with E-state index in [4.69, 9.17) is 11.6 Å². The Morgan fingerprint density at radius 3 is 2.82 bits per heavy atom. The second-order valence-corrected chi connectivity index (χ2v) is 7.60. The quantitative estimate of drug-likeness (QED) is 0.579. The van der Waals surface area contributed by atoms with E-state index in [1.165, 1.54) is 6.33 Å². The minimum Gasteiger partial charge on any atom is -0.351 e. The van der Waals surface area contributed by atoms with Crippen molar-refractivity contribution in [2.75, 3.05) is 17.3 Å². The largest absolute Gasteiger partial charge is 0.351 e. The molecule has 0 radical (unpaired) electrons. The van der Waals surface area contributed by atoms with Crippen LogP contribution in [0.25, 0.3) is 11.0 Å². The molecule has 0 saturated heterocycles. The monoisotopic (exact) mass is 418 g/mol. The molecule has 3 heterocycles. The number of anilines is 3. The summed E-state index contributed by atoms with van der Waals surface area (Å²) in [4.78, 5) is 26.5. The summed E-state index contributed by atoms with van der Waals surface area (Å²) in [7, 11) is 2.03. The summed E-state index contributed by atoms with van der Waals surface area (Å²) >= 11 is 6.50. The summed E-state index contributed by atoms with van der Waals surface area (Å²) in [6, 6.07) is 5.66. The van der Waals surface area contributed by atoms with E-state index in [0.29, 0.717) is 16.4 Å². The van der Waals surface area contributed by atoms with Crippen molar-refractivity contribution in [3.8, 4) is 0 Å². The number of carbonyl (C=O) groups excluding carboxylic acids is 1. The molecular weight excluding hydrogens is 399 g/mol. The minimum atomic E-state index is -0.311. The number of rotatable bonds is 2. The maximum absolute atomic E-state index is 12.8. The van der Waals surface area contributed by atoms with Gasteiger partial charge in [-0.2, -0.15) is 0 Å². The number of nitrogens with zero attached hydrogens (tertiary/aromatic N) is 3. The van der Waals surface area contributed by atoms with Crippen molar-refractivity contribution in [3.63, 3.8) is 0 Å². The maximum Gasteiger partial charge on any atom is 0.256 e. The van der Waals surface area contributed by atoms with Crippen LogP contribution in [0, 0.1) is 0 Å². The number of hydrogen-bond acceptors (Lipinski definition) is 5. The number of halogens is 2. The van der Waals surface area contributed by atoms with Crippen LogP contribution < -0.4 is 15.5 Å². The van der Waals surface area contributed by atoms with E-state index in [0.717, 1.165) is 48.1 Å². The lowest BCUT2D eigenvalue weighted by atomic mass is 9.98. The Balaban J connectivity index is 0.00000192. The lowest BCUT2D eigenvalue weighted by molar-refractivity contribution is 0.0885. The van der Waals surface area contributed by atoms with Crippen molar-refractivity contribution in [1.29, 1.82) is 0 Å². The number of benzene rings is 1. The average Bonchev–Trinajstić information content (AvgIpc) is 3.30. The predicted molar refractivity (Wildman–Crippen MR) is 113 cm³/mol. The highest BCUT2D eigenvalue weighted by Gasteiger charge is 2.44. The molecule has 0 unspecified atom stereocenters. The number of carbonyl (C=O) groups is 1. The molecule has 1 aliphatic heterocycles. The van der Waals surface area contributed by atoms with Crippen molar-refractivity contribution in [3.05, 3.63) is 41.3 Å². The van der Waals surface area contributed by atoms with Crippen molar-refractivity contribution in [2.24, 2.45) is 0 Å². The highest BCUT2D eigenvalue weighted by molar-refractivity contribution is 6.35. The van der Waals surface area contributed by atoms with Crippen LogP contribution in [-0.4, -0.2) is 33.6 Å². The molecule has 1 aliphatic carbocycles. The fourth-order valence-electron chi connectivity index (χ4n) is 4.27. The van der Waals surface area contributed by atoms with E-state index in [1.54, 1.807) is 6.07 Å². The molecule has 0 bridgehead atoms. The average molecular weight is 419 g/mol. The fraction of sp³-hybridized carbons (Fsp3) is 0.316. The first kappa shape index (κ1) is 18.8. The molecule has 28 heavy (non-hydrogen) atoms. The second-order valence-electron chi connectivity index (χ2n) is 7.19. The fourth-order valence-corrected chi connectivity index (χ4v) is 4.57. The van der Waals surface area contributed by atoms with Gasteiger partial charge in [0.05, 0.1) is 21.7 Å². The maximum atomic E-state index is 12.8. The molecule has 2 aliphatic rings. The number of nitrogens with one attached hydrogen (secondary N) is 3. The van der Waals surface area contributed by atoms with Gasteiger partial charge in [-0.05, 0) is 43.9 Å². The van der Waals surface area contributed by atoms with Crippen LogP contribution in [0.15, 0.2) is 30.7 Å². The van der Waals surface area contributed by atoms with E-state index in [9.17, 15) is 4.79 Å². The number of fused-ring (bicyclic) bond motifs is 2. The van der Waals surface area contributed by atoms with E-state index < -0.39 is 0 Å². The van der Waals surface area contributed by atoms with Crippen molar-refractivity contribution < 1.29 is 4.79 Å². The highest BCUT2D eigenvalue weighted by Crippen LogP contribution is 2.43. The molecule has 2 aromatic heterocycles. The molecule has 146 valence electrons. The van der Waals surface area contributed by atoms with Gasteiger partial charge in [0.2, 0.25) is 0 Å². The second kappa shape index (κ2) is 6.83. The standard InChI is InChI=1S/C19H19ClN6O.ClH/c1-26-14-9-11(24-17-12-4-7-21-16(12)22-10-23-17)8-13(20)15(14)18(27)25-19(26)5-2-3-6-19;/h4,7-10H,2-3,5-6H2,1H3,(H,25,27)(H2,21,22,23,24);1H. The van der Waals surface area contributed by atoms with Gasteiger partial charge in [-0.15, -0.1) is 12.4 Å². The van der Waals surface area contributed by atoms with Gasteiger partial charge in [0.15, 0.2) is 0 Å². The molecule has 9 heteroatoms. The first-order valence-corrected chi connectivity index (χ1v) is 9.40. The highest BCUT2D eigenvalue weighted by atomic mass is 35.5. The molecule has 3 aromatic rings. The predicted octanol–water partition coefficient (Wildman–Crippen LogP) is 4.23. The number of H-pyrrole nitrogens is 1. The van der Waals surface area contributed by atoms with Gasteiger partial charge in [-0.3, -0.25) is 4.79 Å². The first-order valence-electron chi connectivity index (χ1n) is 9.02. The zero-order valence-electron chi connectivity index (χ0n) is 15.3. The summed E-state index contributed by atoms with van der Waals surface area (Å²) in [5.41, 5.74) is 2.61. The molecule has 1 saturated carbocycles. The van der Waals surface area contributed by atoms with Gasteiger partial charge in [-0.1, -0.05) is 11.6 Å². The van der Waals surface area contributed by atoms with Gasteiger partial charge >= 0.3 is 0 Å². The third-order valence-corrected chi connectivity index (χ3v) is 5.99. The Hall–Kier alpha value is -2.51. The molecule has 7 nitrogen and oxygen atoms in total. The molecular formula is C19H20Cl2N6O. The Morgan fingerprint density at radius 1 is 1.25 bits per heavy atom. The summed E-state index contributed by atoms with van der Waals surface area (Å²) in [5, 5.41) is 7.83. The molecule has 3 N–H and O–H groups in total. The minimum absolute atomic E-state index is 0. The van der Waals surface area contributed by atoms with E-state index in [2.05, 4.69) is 30.5 Å². The van der Waals surface area contributed by atoms with E-state index >= 15 is 0 Å². The SMILES string of the molecule is CN1c2cc(Nc3ncnc4[nH]ccc34)cc(Cl)c2C(=O)NC12CCCC2.Cl. The van der Waals surface area contributed by atoms with Crippen molar-refractivity contribution in [1.82, 2.24) is 20.3 Å². The summed E-state index contributed by atoms with van der Waals surface area (Å²) < 4.78 is 0. The summed E-state index contributed by atoms with van der Waals surface area (Å²) in [6.07, 6.45) is 7.44. The van der Waals surface area contributed by atoms with Gasteiger partial charge in [-0.25, -0.2) is 9.97 Å². The Bertz CT molecular complexity index is 1060. The van der Waals surface area contributed by atoms with E-state index in [-0.39, 0.29) is 24.0 Å². The topological polar surface area (TPSA) is 85.9 Å². The molecule has 0 atom stereocenters. The number of aromatic nitrogens is 3. The molecule has 1 aromatic carbocycles.